The number of H-pyrrole nitrogens is 1. The highest BCUT2D eigenvalue weighted by molar-refractivity contribution is 5.88. The molecule has 0 unspecified atom stereocenters. The molecule has 0 saturated carbocycles. The lowest BCUT2D eigenvalue weighted by molar-refractivity contribution is 0.335. The maximum absolute atomic E-state index is 13.0. The molecule has 0 radical (unpaired) electrons. The van der Waals surface area contributed by atoms with Crippen molar-refractivity contribution in [3.05, 3.63) is 83.8 Å². The van der Waals surface area contributed by atoms with Crippen LogP contribution in [-0.4, -0.2) is 29.5 Å². The molecule has 0 amide bonds. The molecule has 3 heteroatoms. The second-order valence-corrected chi connectivity index (χ2v) is 6.43. The number of aromatic amines is 1. The van der Waals surface area contributed by atoms with Crippen LogP contribution in [0.25, 0.3) is 22.6 Å². The van der Waals surface area contributed by atoms with Gasteiger partial charge in [0.2, 0.25) is 0 Å². The Balaban J connectivity index is 1.38. The van der Waals surface area contributed by atoms with E-state index in [0.29, 0.717) is 0 Å². The summed E-state index contributed by atoms with van der Waals surface area (Å²) in [5, 5.41) is 1.26. The van der Waals surface area contributed by atoms with Crippen molar-refractivity contribution in [2.45, 2.75) is 6.42 Å². The number of halogens is 1. The molecule has 0 saturated heterocycles. The van der Waals surface area contributed by atoms with Crippen LogP contribution in [0.3, 0.4) is 0 Å². The van der Waals surface area contributed by atoms with Crippen molar-refractivity contribution in [1.29, 1.82) is 0 Å². The molecular formula is C22H21FN2. The lowest BCUT2D eigenvalue weighted by Gasteiger charge is -2.25. The minimum absolute atomic E-state index is 0.177. The lowest BCUT2D eigenvalue weighted by Crippen LogP contribution is -2.28. The quantitative estimate of drug-likeness (QED) is 0.703. The molecule has 0 bridgehead atoms. The van der Waals surface area contributed by atoms with Crippen molar-refractivity contribution in [1.82, 2.24) is 9.88 Å². The summed E-state index contributed by atoms with van der Waals surface area (Å²) in [5.41, 5.74) is 4.87. The van der Waals surface area contributed by atoms with Crippen molar-refractivity contribution in [3.63, 3.8) is 0 Å². The third-order valence-corrected chi connectivity index (χ3v) is 4.80. The summed E-state index contributed by atoms with van der Waals surface area (Å²) in [5.74, 6) is -0.177. The Bertz CT molecular complexity index is 919. The van der Waals surface area contributed by atoms with E-state index >= 15 is 0 Å². The van der Waals surface area contributed by atoms with E-state index in [0.717, 1.165) is 31.6 Å². The van der Waals surface area contributed by atoms with E-state index in [9.17, 15) is 4.39 Å². The topological polar surface area (TPSA) is 19.0 Å². The first kappa shape index (κ1) is 15.9. The van der Waals surface area contributed by atoms with Gasteiger partial charge in [0, 0.05) is 36.7 Å². The largest absolute Gasteiger partial charge is 0.361 e. The van der Waals surface area contributed by atoms with E-state index in [1.807, 2.05) is 18.3 Å². The molecule has 4 rings (SSSR count). The average molecular weight is 332 g/mol. The highest BCUT2D eigenvalue weighted by Crippen LogP contribution is 2.23. The fourth-order valence-electron chi connectivity index (χ4n) is 3.39. The van der Waals surface area contributed by atoms with Crippen molar-refractivity contribution >= 4 is 22.6 Å². The van der Waals surface area contributed by atoms with Crippen LogP contribution in [0.2, 0.25) is 0 Å². The van der Waals surface area contributed by atoms with Gasteiger partial charge in [-0.2, -0.15) is 0 Å². The second-order valence-electron chi connectivity index (χ2n) is 6.43. The first-order valence-electron chi connectivity index (χ1n) is 8.69. The highest BCUT2D eigenvalue weighted by atomic mass is 19.1. The number of nitrogens with zero attached hydrogens (tertiary/aromatic N) is 1. The zero-order valence-corrected chi connectivity index (χ0v) is 14.1. The number of hydrogen-bond acceptors (Lipinski definition) is 1. The van der Waals surface area contributed by atoms with Crippen molar-refractivity contribution in [2.24, 2.45) is 0 Å². The van der Waals surface area contributed by atoms with Gasteiger partial charge in [0.1, 0.15) is 5.82 Å². The molecule has 2 heterocycles. The Morgan fingerprint density at radius 2 is 1.96 bits per heavy atom. The maximum atomic E-state index is 13.0. The van der Waals surface area contributed by atoms with Gasteiger partial charge in [-0.25, -0.2) is 4.39 Å². The lowest BCUT2D eigenvalue weighted by atomic mass is 9.99. The molecule has 0 fully saturated rings. The van der Waals surface area contributed by atoms with E-state index < -0.39 is 0 Å². The molecule has 1 aliphatic rings. The maximum Gasteiger partial charge on any atom is 0.123 e. The van der Waals surface area contributed by atoms with Gasteiger partial charge in [0.25, 0.3) is 0 Å². The fraction of sp³-hybridized carbons (Fsp3) is 0.182. The summed E-state index contributed by atoms with van der Waals surface area (Å²) in [6.07, 6.45) is 9.69. The molecule has 1 N–H and O–H groups in total. The van der Waals surface area contributed by atoms with Crippen LogP contribution in [0, 0.1) is 5.82 Å². The van der Waals surface area contributed by atoms with Gasteiger partial charge in [0.15, 0.2) is 0 Å². The molecule has 0 spiro atoms. The Labute approximate surface area is 147 Å². The Morgan fingerprint density at radius 3 is 2.76 bits per heavy atom. The van der Waals surface area contributed by atoms with E-state index in [1.165, 1.54) is 34.2 Å². The molecule has 25 heavy (non-hydrogen) atoms. The summed E-state index contributed by atoms with van der Waals surface area (Å²) < 4.78 is 13.0. The van der Waals surface area contributed by atoms with Crippen LogP contribution >= 0.6 is 0 Å². The van der Waals surface area contributed by atoms with Gasteiger partial charge in [-0.1, -0.05) is 42.5 Å². The van der Waals surface area contributed by atoms with Crippen LogP contribution in [0.5, 0.6) is 0 Å². The third-order valence-electron chi connectivity index (χ3n) is 4.80. The van der Waals surface area contributed by atoms with Gasteiger partial charge in [-0.15, -0.1) is 0 Å². The standard InChI is InChI=1S/C22H21FN2/c23-20-8-6-17(7-9-20)18-11-15-25(16-12-18)14-2-4-19-3-1-5-22-21(19)10-13-24-22/h1-11,13,24H,12,14-16H2. The monoisotopic (exact) mass is 332 g/mol. The van der Waals surface area contributed by atoms with Crippen LogP contribution < -0.4 is 0 Å². The van der Waals surface area contributed by atoms with Crippen LogP contribution in [0.4, 0.5) is 4.39 Å². The molecule has 126 valence electrons. The minimum atomic E-state index is -0.177. The molecule has 0 atom stereocenters. The van der Waals surface area contributed by atoms with Crippen molar-refractivity contribution in [2.75, 3.05) is 19.6 Å². The van der Waals surface area contributed by atoms with Gasteiger partial charge in [-0.05, 0) is 47.4 Å². The summed E-state index contributed by atoms with van der Waals surface area (Å²) in [4.78, 5) is 5.67. The Hall–Kier alpha value is -2.65. The molecule has 2 aromatic carbocycles. The average Bonchev–Trinajstić information content (AvgIpc) is 3.13. The first-order valence-corrected chi connectivity index (χ1v) is 8.69. The SMILES string of the molecule is Fc1ccc(C2=CCN(CC=Cc3cccc4[nH]ccc34)CC2)cc1. The summed E-state index contributed by atoms with van der Waals surface area (Å²) in [6, 6.07) is 15.3. The number of rotatable bonds is 4. The Morgan fingerprint density at radius 1 is 1.08 bits per heavy atom. The number of hydrogen-bond donors (Lipinski definition) is 1. The predicted octanol–water partition coefficient (Wildman–Crippen LogP) is 5.11. The fourth-order valence-corrected chi connectivity index (χ4v) is 3.39. The number of aromatic nitrogens is 1. The normalized spacial score (nSPS) is 15.8. The van der Waals surface area contributed by atoms with Crippen LogP contribution in [0.15, 0.2) is 66.9 Å². The van der Waals surface area contributed by atoms with Crippen molar-refractivity contribution < 1.29 is 4.39 Å². The summed E-state index contributed by atoms with van der Waals surface area (Å²) in [7, 11) is 0. The Kier molecular flexibility index (Phi) is 4.49. The second kappa shape index (κ2) is 7.08. The van der Waals surface area contributed by atoms with Crippen LogP contribution in [0.1, 0.15) is 17.5 Å². The van der Waals surface area contributed by atoms with E-state index in [2.05, 4.69) is 52.4 Å². The molecular weight excluding hydrogens is 311 g/mol. The van der Waals surface area contributed by atoms with Crippen molar-refractivity contribution in [3.8, 4) is 0 Å². The summed E-state index contributed by atoms with van der Waals surface area (Å²) in [6.45, 7) is 2.90. The number of fused-ring (bicyclic) bond motifs is 1. The van der Waals surface area contributed by atoms with Gasteiger partial charge in [-0.3, -0.25) is 4.90 Å². The smallest absolute Gasteiger partial charge is 0.123 e. The third kappa shape index (κ3) is 3.57. The van der Waals surface area contributed by atoms with E-state index in [4.69, 9.17) is 0 Å². The van der Waals surface area contributed by atoms with E-state index in [-0.39, 0.29) is 5.82 Å². The van der Waals surface area contributed by atoms with E-state index in [1.54, 1.807) is 0 Å². The molecule has 3 aromatic rings. The first-order chi connectivity index (χ1) is 12.3. The molecule has 2 nitrogen and oxygen atoms in total. The molecule has 1 aliphatic heterocycles. The highest BCUT2D eigenvalue weighted by Gasteiger charge is 2.11. The predicted molar refractivity (Wildman–Crippen MR) is 103 cm³/mol. The van der Waals surface area contributed by atoms with Crippen LogP contribution in [-0.2, 0) is 0 Å². The molecule has 0 aliphatic carbocycles. The van der Waals surface area contributed by atoms with Gasteiger partial charge < -0.3 is 4.98 Å². The van der Waals surface area contributed by atoms with Gasteiger partial charge >= 0.3 is 0 Å². The van der Waals surface area contributed by atoms with Gasteiger partial charge in [0.05, 0.1) is 0 Å². The molecule has 1 aromatic heterocycles. The number of benzene rings is 2. The zero-order chi connectivity index (χ0) is 17.1. The summed E-state index contributed by atoms with van der Waals surface area (Å²) >= 11 is 0. The minimum Gasteiger partial charge on any atom is -0.361 e. The number of nitrogens with one attached hydrogen (secondary N) is 1. The zero-order valence-electron chi connectivity index (χ0n) is 14.1.